The van der Waals surface area contributed by atoms with E-state index in [-0.39, 0.29) is 25.2 Å². The van der Waals surface area contributed by atoms with E-state index >= 15 is 0 Å². The molecule has 3 aromatic rings. The van der Waals surface area contributed by atoms with Crippen LogP contribution in [0.15, 0.2) is 51.7 Å². The van der Waals surface area contributed by atoms with Crippen LogP contribution in [-0.2, 0) is 22.6 Å². The van der Waals surface area contributed by atoms with E-state index in [4.69, 9.17) is 18.6 Å². The van der Waals surface area contributed by atoms with Gasteiger partial charge in [0.05, 0.1) is 6.42 Å². The van der Waals surface area contributed by atoms with Crippen molar-refractivity contribution < 1.29 is 28.2 Å². The number of rotatable bonds is 7. The Morgan fingerprint density at radius 2 is 1.77 bits per heavy atom. The van der Waals surface area contributed by atoms with Gasteiger partial charge in [0.2, 0.25) is 0 Å². The van der Waals surface area contributed by atoms with Gasteiger partial charge < -0.3 is 18.6 Å². The molecule has 31 heavy (non-hydrogen) atoms. The summed E-state index contributed by atoms with van der Waals surface area (Å²) in [4.78, 5) is 36.5. The summed E-state index contributed by atoms with van der Waals surface area (Å²) in [5, 5.41) is 0.719. The molecule has 7 heteroatoms. The van der Waals surface area contributed by atoms with Gasteiger partial charge in [-0.25, -0.2) is 4.79 Å². The Kier molecular flexibility index (Phi) is 6.02. The molecule has 0 radical (unpaired) electrons. The Balaban J connectivity index is 1.36. The van der Waals surface area contributed by atoms with Gasteiger partial charge in [0.25, 0.3) is 0 Å². The summed E-state index contributed by atoms with van der Waals surface area (Å²) >= 11 is 0. The molecular formula is C24H22O7. The Bertz CT molecular complexity index is 1190. The van der Waals surface area contributed by atoms with Crippen LogP contribution in [-0.4, -0.2) is 25.0 Å². The van der Waals surface area contributed by atoms with E-state index in [0.717, 1.165) is 17.4 Å². The lowest BCUT2D eigenvalue weighted by atomic mass is 10.1. The van der Waals surface area contributed by atoms with Gasteiger partial charge in [-0.05, 0) is 36.2 Å². The standard InChI is InChI=1S/C24H22O7/c1-2-15-3-5-18-17(13-24(27)31-21(18)11-15)14-30-23(26)8-6-19(25)16-4-7-20-22(12-16)29-10-9-28-20/h3-5,7,11-13H,2,6,8-10,14H2,1H3. The van der Waals surface area contributed by atoms with Gasteiger partial charge in [-0.3, -0.25) is 9.59 Å². The van der Waals surface area contributed by atoms with Crippen molar-refractivity contribution in [1.29, 1.82) is 0 Å². The van der Waals surface area contributed by atoms with Gasteiger partial charge in [0.1, 0.15) is 25.4 Å². The fraction of sp³-hybridized carbons (Fsp3) is 0.292. The van der Waals surface area contributed by atoms with Crippen molar-refractivity contribution in [2.24, 2.45) is 0 Å². The Morgan fingerprint density at radius 1 is 0.968 bits per heavy atom. The summed E-state index contributed by atoms with van der Waals surface area (Å²) in [6, 6.07) is 11.9. The number of carbonyl (C=O) groups is 2. The summed E-state index contributed by atoms with van der Waals surface area (Å²) in [5.74, 6) is 0.429. The Morgan fingerprint density at radius 3 is 2.58 bits per heavy atom. The van der Waals surface area contributed by atoms with Crippen LogP contribution < -0.4 is 15.1 Å². The maximum Gasteiger partial charge on any atom is 0.336 e. The number of esters is 1. The maximum absolute atomic E-state index is 12.4. The van der Waals surface area contributed by atoms with E-state index in [1.807, 2.05) is 25.1 Å². The van der Waals surface area contributed by atoms with E-state index in [0.29, 0.717) is 41.4 Å². The normalized spacial score (nSPS) is 12.5. The van der Waals surface area contributed by atoms with Crippen molar-refractivity contribution in [1.82, 2.24) is 0 Å². The predicted molar refractivity (Wildman–Crippen MR) is 113 cm³/mol. The SMILES string of the molecule is CCc1ccc2c(COC(=O)CCC(=O)c3ccc4c(c3)OCCO4)cc(=O)oc2c1. The summed E-state index contributed by atoms with van der Waals surface area (Å²) in [7, 11) is 0. The summed E-state index contributed by atoms with van der Waals surface area (Å²) in [5.41, 5.74) is 2.03. The highest BCUT2D eigenvalue weighted by Gasteiger charge is 2.16. The highest BCUT2D eigenvalue weighted by Crippen LogP contribution is 2.31. The van der Waals surface area contributed by atoms with Gasteiger partial charge in [0.15, 0.2) is 17.3 Å². The summed E-state index contributed by atoms with van der Waals surface area (Å²) in [6.45, 7) is 2.86. The van der Waals surface area contributed by atoms with Crippen molar-refractivity contribution in [2.45, 2.75) is 32.8 Å². The van der Waals surface area contributed by atoms with Gasteiger partial charge >= 0.3 is 11.6 Å². The number of fused-ring (bicyclic) bond motifs is 2. The first-order chi connectivity index (χ1) is 15.0. The minimum absolute atomic E-state index is 0.00993. The molecule has 2 heterocycles. The smallest absolute Gasteiger partial charge is 0.336 e. The van der Waals surface area contributed by atoms with E-state index in [1.54, 1.807) is 18.2 Å². The molecule has 0 atom stereocenters. The topological polar surface area (TPSA) is 92.0 Å². The van der Waals surface area contributed by atoms with Crippen molar-refractivity contribution >= 4 is 22.7 Å². The third kappa shape index (κ3) is 4.77. The number of ether oxygens (including phenoxy) is 3. The molecule has 4 rings (SSSR count). The fourth-order valence-electron chi connectivity index (χ4n) is 3.42. The first-order valence-electron chi connectivity index (χ1n) is 10.2. The highest BCUT2D eigenvalue weighted by molar-refractivity contribution is 5.98. The molecule has 0 fully saturated rings. The second-order valence-electron chi connectivity index (χ2n) is 7.22. The molecule has 7 nitrogen and oxygen atoms in total. The third-order valence-corrected chi connectivity index (χ3v) is 5.11. The average molecular weight is 422 g/mol. The van der Waals surface area contributed by atoms with Gasteiger partial charge in [0, 0.05) is 29.0 Å². The van der Waals surface area contributed by atoms with Crippen LogP contribution in [0.4, 0.5) is 0 Å². The van der Waals surface area contributed by atoms with Crippen LogP contribution >= 0.6 is 0 Å². The van der Waals surface area contributed by atoms with Gasteiger partial charge in [-0.15, -0.1) is 0 Å². The van der Waals surface area contributed by atoms with E-state index in [1.165, 1.54) is 6.07 Å². The second-order valence-corrected chi connectivity index (χ2v) is 7.22. The summed E-state index contributed by atoms with van der Waals surface area (Å²) in [6.07, 6.45) is 0.763. The first-order valence-corrected chi connectivity index (χ1v) is 10.2. The van der Waals surface area contributed by atoms with Gasteiger partial charge in [-0.1, -0.05) is 19.1 Å². The number of carbonyl (C=O) groups excluding carboxylic acids is 2. The maximum atomic E-state index is 12.4. The molecular weight excluding hydrogens is 400 g/mol. The molecule has 1 aromatic heterocycles. The van der Waals surface area contributed by atoms with Crippen molar-refractivity contribution in [3.8, 4) is 11.5 Å². The summed E-state index contributed by atoms with van der Waals surface area (Å²) < 4.78 is 21.5. The number of hydrogen-bond acceptors (Lipinski definition) is 7. The number of ketones is 1. The zero-order valence-electron chi connectivity index (χ0n) is 17.1. The first kappa shape index (κ1) is 20.7. The molecule has 0 saturated heterocycles. The molecule has 0 aliphatic carbocycles. The third-order valence-electron chi connectivity index (χ3n) is 5.11. The average Bonchev–Trinajstić information content (AvgIpc) is 2.80. The number of benzene rings is 2. The van der Waals surface area contributed by atoms with Crippen molar-refractivity contribution in [3.05, 3.63) is 69.6 Å². The van der Waals surface area contributed by atoms with Crippen LogP contribution in [0.2, 0.25) is 0 Å². The van der Waals surface area contributed by atoms with Gasteiger partial charge in [-0.2, -0.15) is 0 Å². The van der Waals surface area contributed by atoms with Crippen molar-refractivity contribution in [3.63, 3.8) is 0 Å². The fourth-order valence-corrected chi connectivity index (χ4v) is 3.42. The second kappa shape index (κ2) is 9.04. The molecule has 160 valence electrons. The number of aryl methyl sites for hydroxylation is 1. The lowest BCUT2D eigenvalue weighted by Crippen LogP contribution is -2.16. The van der Waals surface area contributed by atoms with Crippen LogP contribution in [0.25, 0.3) is 11.0 Å². The monoisotopic (exact) mass is 422 g/mol. The molecule has 0 bridgehead atoms. The minimum atomic E-state index is -0.516. The molecule has 0 spiro atoms. The van der Waals surface area contributed by atoms with Crippen LogP contribution in [0.5, 0.6) is 11.5 Å². The quantitative estimate of drug-likeness (QED) is 0.325. The molecule has 1 aliphatic rings. The zero-order chi connectivity index (χ0) is 21.8. The molecule has 1 aliphatic heterocycles. The largest absolute Gasteiger partial charge is 0.486 e. The highest BCUT2D eigenvalue weighted by atomic mass is 16.6. The zero-order valence-corrected chi connectivity index (χ0v) is 17.1. The Hall–Kier alpha value is -3.61. The Labute approximate surface area is 178 Å². The molecule has 2 aromatic carbocycles. The molecule has 0 saturated carbocycles. The van der Waals surface area contributed by atoms with Crippen LogP contribution in [0, 0.1) is 0 Å². The number of hydrogen-bond donors (Lipinski definition) is 0. The van der Waals surface area contributed by atoms with Crippen LogP contribution in [0.3, 0.4) is 0 Å². The lowest BCUT2D eigenvalue weighted by molar-refractivity contribution is -0.144. The minimum Gasteiger partial charge on any atom is -0.486 e. The predicted octanol–water partition coefficient (Wildman–Crippen LogP) is 3.83. The molecule has 0 amide bonds. The lowest BCUT2D eigenvalue weighted by Gasteiger charge is -2.18. The molecule has 0 unspecified atom stereocenters. The van der Waals surface area contributed by atoms with E-state index < -0.39 is 11.6 Å². The van der Waals surface area contributed by atoms with Crippen LogP contribution in [0.1, 0.15) is 41.3 Å². The van der Waals surface area contributed by atoms with E-state index in [9.17, 15) is 14.4 Å². The number of Topliss-reactive ketones (excluding diaryl/α,β-unsaturated/α-hetero) is 1. The molecule has 0 N–H and O–H groups in total. The van der Waals surface area contributed by atoms with Crippen molar-refractivity contribution in [2.75, 3.05) is 13.2 Å². The van der Waals surface area contributed by atoms with E-state index in [2.05, 4.69) is 0 Å².